The molecule has 1 saturated heterocycles. The minimum absolute atomic E-state index is 0. The van der Waals surface area contributed by atoms with Crippen molar-refractivity contribution in [2.75, 3.05) is 45.9 Å². The molecule has 1 unspecified atom stereocenters. The van der Waals surface area contributed by atoms with Crippen LogP contribution in [0.2, 0.25) is 0 Å². The quantitative estimate of drug-likeness (QED) is 0.234. The van der Waals surface area contributed by atoms with Crippen molar-refractivity contribution in [2.24, 2.45) is 10.9 Å². The van der Waals surface area contributed by atoms with Crippen LogP contribution in [0.5, 0.6) is 0 Å². The molecule has 2 saturated carbocycles. The first-order chi connectivity index (χ1) is 13.7. The minimum atomic E-state index is -0.492. The fraction of sp³-hybridized carbons (Fsp3) is 0.955. The summed E-state index contributed by atoms with van der Waals surface area (Å²) in [6.45, 7) is 7.92. The molecule has 1 aliphatic heterocycles. The Kier molecular flexibility index (Phi) is 11.6. The third kappa shape index (κ3) is 8.50. The molecule has 170 valence electrons. The van der Waals surface area contributed by atoms with Gasteiger partial charge in [0, 0.05) is 25.2 Å². The number of likely N-dealkylation sites (tertiary alicyclic amines) is 1. The summed E-state index contributed by atoms with van der Waals surface area (Å²) in [4.78, 5) is 7.72. The maximum Gasteiger partial charge on any atom is 0.191 e. The highest BCUT2D eigenvalue weighted by atomic mass is 127. The molecular weight excluding hydrogens is 479 g/mol. The molecule has 6 nitrogen and oxygen atoms in total. The largest absolute Gasteiger partial charge is 0.389 e. The average molecular weight is 523 g/mol. The summed E-state index contributed by atoms with van der Waals surface area (Å²) < 4.78 is 5.61. The van der Waals surface area contributed by atoms with Crippen LogP contribution >= 0.6 is 24.0 Å². The van der Waals surface area contributed by atoms with Gasteiger partial charge in [-0.15, -0.1) is 24.0 Å². The molecule has 0 aromatic carbocycles. The number of hydrogen-bond acceptors (Lipinski definition) is 4. The van der Waals surface area contributed by atoms with Gasteiger partial charge in [-0.05, 0) is 64.5 Å². The Morgan fingerprint density at radius 3 is 2.45 bits per heavy atom. The number of guanidine groups is 1. The summed E-state index contributed by atoms with van der Waals surface area (Å²) in [5.74, 6) is 1.56. The Balaban J connectivity index is 0.00000300. The first-order valence-corrected chi connectivity index (χ1v) is 11.7. The van der Waals surface area contributed by atoms with E-state index in [0.717, 1.165) is 31.6 Å². The molecule has 3 rings (SSSR count). The van der Waals surface area contributed by atoms with Gasteiger partial charge < -0.3 is 20.5 Å². The van der Waals surface area contributed by atoms with Crippen LogP contribution in [0.15, 0.2) is 4.99 Å². The van der Waals surface area contributed by atoms with Crippen LogP contribution in [-0.4, -0.2) is 73.5 Å². The fourth-order valence-corrected chi connectivity index (χ4v) is 4.65. The zero-order valence-electron chi connectivity index (χ0n) is 18.3. The predicted molar refractivity (Wildman–Crippen MR) is 130 cm³/mol. The third-order valence-electron chi connectivity index (χ3n) is 6.55. The number of aliphatic imine (C=N–C) groups is 1. The zero-order chi connectivity index (χ0) is 19.7. The molecular formula is C22H43IN4O2. The third-order valence-corrected chi connectivity index (χ3v) is 6.55. The molecule has 2 aliphatic carbocycles. The summed E-state index contributed by atoms with van der Waals surface area (Å²) in [6, 6.07) is 0. The number of hydrogen-bond donors (Lipinski definition) is 3. The standard InChI is InChI=1S/C22H42N4O2.HI/c1-2-23-21(24-15-20(27)17-28-16-19-9-10-19)25-18-22(11-5-3-6-12-22)26-13-7-4-8-14-26;/h19-20,27H,2-18H2,1H3,(H2,23,24,25);1H. The number of ether oxygens (including phenoxy) is 1. The van der Waals surface area contributed by atoms with Gasteiger partial charge in [-0.2, -0.15) is 0 Å². The van der Waals surface area contributed by atoms with Crippen molar-refractivity contribution < 1.29 is 9.84 Å². The first-order valence-electron chi connectivity index (χ1n) is 11.7. The van der Waals surface area contributed by atoms with Crippen LogP contribution in [-0.2, 0) is 4.74 Å². The molecule has 0 radical (unpaired) electrons. The Bertz CT molecular complexity index is 475. The Hall–Kier alpha value is -0.120. The van der Waals surface area contributed by atoms with Gasteiger partial charge in [-0.1, -0.05) is 25.7 Å². The molecule has 7 heteroatoms. The topological polar surface area (TPSA) is 69.1 Å². The monoisotopic (exact) mass is 522 g/mol. The molecule has 0 bridgehead atoms. The smallest absolute Gasteiger partial charge is 0.191 e. The van der Waals surface area contributed by atoms with E-state index in [1.165, 1.54) is 77.3 Å². The Morgan fingerprint density at radius 1 is 1.10 bits per heavy atom. The van der Waals surface area contributed by atoms with Crippen LogP contribution in [0.3, 0.4) is 0 Å². The maximum absolute atomic E-state index is 10.2. The van der Waals surface area contributed by atoms with E-state index in [-0.39, 0.29) is 29.5 Å². The summed E-state index contributed by atoms with van der Waals surface area (Å²) in [7, 11) is 0. The second-order valence-electron chi connectivity index (χ2n) is 9.04. The molecule has 3 N–H and O–H groups in total. The van der Waals surface area contributed by atoms with Gasteiger partial charge in [0.1, 0.15) is 0 Å². The van der Waals surface area contributed by atoms with Crippen molar-refractivity contribution in [3.8, 4) is 0 Å². The van der Waals surface area contributed by atoms with Crippen molar-refractivity contribution in [3.63, 3.8) is 0 Å². The van der Waals surface area contributed by atoms with Crippen molar-refractivity contribution >= 4 is 29.9 Å². The van der Waals surface area contributed by atoms with E-state index < -0.39 is 6.10 Å². The van der Waals surface area contributed by atoms with Crippen LogP contribution in [0.1, 0.15) is 71.1 Å². The molecule has 0 aromatic heterocycles. The lowest BCUT2D eigenvalue weighted by Gasteiger charge is -2.47. The number of piperidine rings is 1. The van der Waals surface area contributed by atoms with Gasteiger partial charge in [-0.3, -0.25) is 9.89 Å². The summed E-state index contributed by atoms with van der Waals surface area (Å²) in [6.07, 6.45) is 12.7. The number of aliphatic hydroxyl groups excluding tert-OH is 1. The number of rotatable bonds is 10. The molecule has 0 amide bonds. The second kappa shape index (κ2) is 13.3. The fourth-order valence-electron chi connectivity index (χ4n) is 4.65. The highest BCUT2D eigenvalue weighted by Crippen LogP contribution is 2.35. The normalized spacial score (nSPS) is 23.9. The average Bonchev–Trinajstić information content (AvgIpc) is 3.56. The van der Waals surface area contributed by atoms with Crippen molar-refractivity contribution in [3.05, 3.63) is 0 Å². The molecule has 0 aromatic rings. The highest BCUT2D eigenvalue weighted by Gasteiger charge is 2.38. The molecule has 29 heavy (non-hydrogen) atoms. The number of aliphatic hydroxyl groups is 1. The molecule has 1 heterocycles. The predicted octanol–water partition coefficient (Wildman–Crippen LogP) is 3.14. The lowest BCUT2D eigenvalue weighted by atomic mass is 9.79. The molecule has 3 aliphatic rings. The van der Waals surface area contributed by atoms with E-state index in [1.807, 2.05) is 0 Å². The van der Waals surface area contributed by atoms with Crippen molar-refractivity contribution in [1.29, 1.82) is 0 Å². The SMILES string of the molecule is CCNC(=NCC1(N2CCCCC2)CCCCC1)NCC(O)COCC1CC1.I. The number of nitrogens with one attached hydrogen (secondary N) is 2. The van der Waals surface area contributed by atoms with E-state index in [1.54, 1.807) is 0 Å². The van der Waals surface area contributed by atoms with Crippen LogP contribution in [0, 0.1) is 5.92 Å². The van der Waals surface area contributed by atoms with E-state index in [4.69, 9.17) is 9.73 Å². The van der Waals surface area contributed by atoms with Crippen LogP contribution < -0.4 is 10.6 Å². The van der Waals surface area contributed by atoms with E-state index in [2.05, 4.69) is 22.5 Å². The van der Waals surface area contributed by atoms with Gasteiger partial charge in [0.2, 0.25) is 0 Å². The van der Waals surface area contributed by atoms with Gasteiger partial charge >= 0.3 is 0 Å². The second-order valence-corrected chi connectivity index (χ2v) is 9.04. The summed E-state index contributed by atoms with van der Waals surface area (Å²) >= 11 is 0. The van der Waals surface area contributed by atoms with Crippen LogP contribution in [0.4, 0.5) is 0 Å². The summed E-state index contributed by atoms with van der Waals surface area (Å²) in [5, 5.41) is 16.9. The minimum Gasteiger partial charge on any atom is -0.389 e. The van der Waals surface area contributed by atoms with Crippen molar-refractivity contribution in [1.82, 2.24) is 15.5 Å². The van der Waals surface area contributed by atoms with Gasteiger partial charge in [0.05, 0.1) is 19.3 Å². The maximum atomic E-state index is 10.2. The van der Waals surface area contributed by atoms with E-state index >= 15 is 0 Å². The first kappa shape index (κ1) is 25.1. The van der Waals surface area contributed by atoms with E-state index in [9.17, 15) is 5.11 Å². The van der Waals surface area contributed by atoms with Gasteiger partial charge in [-0.25, -0.2) is 0 Å². The molecule has 3 fully saturated rings. The lowest BCUT2D eigenvalue weighted by molar-refractivity contribution is 0.0343. The van der Waals surface area contributed by atoms with Gasteiger partial charge in [0.25, 0.3) is 0 Å². The highest BCUT2D eigenvalue weighted by molar-refractivity contribution is 14.0. The molecule has 0 spiro atoms. The Labute approximate surface area is 194 Å². The summed E-state index contributed by atoms with van der Waals surface area (Å²) in [5.41, 5.74) is 0.243. The van der Waals surface area contributed by atoms with Crippen molar-refractivity contribution in [2.45, 2.75) is 82.8 Å². The van der Waals surface area contributed by atoms with Crippen LogP contribution in [0.25, 0.3) is 0 Å². The molecule has 1 atom stereocenters. The zero-order valence-corrected chi connectivity index (χ0v) is 20.7. The number of halogens is 1. The van der Waals surface area contributed by atoms with Gasteiger partial charge in [0.15, 0.2) is 5.96 Å². The van der Waals surface area contributed by atoms with E-state index in [0.29, 0.717) is 13.2 Å². The Morgan fingerprint density at radius 2 is 1.79 bits per heavy atom. The lowest BCUT2D eigenvalue weighted by Crippen LogP contribution is -2.55. The number of nitrogens with zero attached hydrogens (tertiary/aromatic N) is 2.